The summed E-state index contributed by atoms with van der Waals surface area (Å²) in [4.78, 5) is 0. The lowest BCUT2D eigenvalue weighted by Gasteiger charge is -2.09. The van der Waals surface area contributed by atoms with Gasteiger partial charge in [-0.15, -0.1) is 0 Å². The fourth-order valence-corrected chi connectivity index (χ4v) is 1.90. The third kappa shape index (κ3) is 6.32. The number of hydrogen-bond donors (Lipinski definition) is 1. The van der Waals surface area contributed by atoms with Crippen LogP contribution in [0.4, 0.5) is 5.69 Å². The number of benzene rings is 1. The lowest BCUT2D eigenvalue weighted by atomic mass is 10.3. The van der Waals surface area contributed by atoms with Crippen LogP contribution in [0.25, 0.3) is 0 Å². The average Bonchev–Trinajstić information content (AvgIpc) is 2.30. The Labute approximate surface area is 92.1 Å². The van der Waals surface area contributed by atoms with E-state index < -0.39 is 7.37 Å². The van der Waals surface area contributed by atoms with Crippen LogP contribution in [-0.4, -0.2) is 19.4 Å². The fraction of sp³-hybridized carbons (Fsp3) is 0.455. The number of rotatable bonds is 3. The molecule has 86 valence electrons. The van der Waals surface area contributed by atoms with E-state index in [2.05, 4.69) is 0 Å². The van der Waals surface area contributed by atoms with Gasteiger partial charge in [0.15, 0.2) is 0 Å². The molecule has 4 heteroatoms. The van der Waals surface area contributed by atoms with Gasteiger partial charge in [-0.05, 0) is 12.1 Å². The van der Waals surface area contributed by atoms with Crippen LogP contribution in [0, 0.1) is 0 Å². The van der Waals surface area contributed by atoms with Crippen molar-refractivity contribution in [3.63, 3.8) is 0 Å². The molecule has 0 aliphatic carbocycles. The molecule has 0 aliphatic rings. The molecule has 0 bridgehead atoms. The molecule has 15 heavy (non-hydrogen) atoms. The summed E-state index contributed by atoms with van der Waals surface area (Å²) in [6.07, 6.45) is 1.31. The minimum Gasteiger partial charge on any atom is -0.399 e. The van der Waals surface area contributed by atoms with E-state index in [0.717, 1.165) is 5.69 Å². The zero-order valence-corrected chi connectivity index (χ0v) is 10.5. The highest BCUT2D eigenvalue weighted by molar-refractivity contribution is 7.58. The number of nitrogens with two attached hydrogens (primary N) is 1. The number of nitrogen functional groups attached to an aromatic ring is 1. The molecule has 0 atom stereocenters. The second kappa shape index (κ2) is 7.49. The monoisotopic (exact) mass is 229 g/mol. The van der Waals surface area contributed by atoms with Crippen LogP contribution in [0.15, 0.2) is 30.3 Å². The van der Waals surface area contributed by atoms with Crippen LogP contribution >= 0.6 is 7.37 Å². The summed E-state index contributed by atoms with van der Waals surface area (Å²) < 4.78 is 15.9. The summed E-state index contributed by atoms with van der Waals surface area (Å²) >= 11 is 0. The molecule has 1 aromatic carbocycles. The third-order valence-corrected chi connectivity index (χ3v) is 4.69. The third-order valence-electron chi connectivity index (χ3n) is 2.10. The predicted molar refractivity (Wildman–Crippen MR) is 66.6 cm³/mol. The predicted octanol–water partition coefficient (Wildman–Crippen LogP) is 3.22. The summed E-state index contributed by atoms with van der Waals surface area (Å²) in [6.45, 7) is 3.77. The van der Waals surface area contributed by atoms with Crippen LogP contribution in [-0.2, 0) is 9.09 Å². The molecule has 1 aromatic rings. The van der Waals surface area contributed by atoms with Gasteiger partial charge >= 0.3 is 0 Å². The van der Waals surface area contributed by atoms with Crippen LogP contribution in [0.1, 0.15) is 13.8 Å². The Morgan fingerprint density at radius 2 is 1.67 bits per heavy atom. The molecule has 0 fully saturated rings. The van der Waals surface area contributed by atoms with Gasteiger partial charge in [0.1, 0.15) is 0 Å². The molecule has 0 radical (unpaired) electrons. The fourth-order valence-electron chi connectivity index (χ4n) is 0.935. The van der Waals surface area contributed by atoms with Crippen molar-refractivity contribution in [2.75, 3.05) is 25.2 Å². The van der Waals surface area contributed by atoms with Crippen molar-refractivity contribution >= 4 is 13.1 Å². The van der Waals surface area contributed by atoms with E-state index in [4.69, 9.17) is 10.3 Å². The van der Waals surface area contributed by atoms with Gasteiger partial charge in [0.05, 0.1) is 0 Å². The maximum Gasteiger partial charge on any atom is 0.202 e. The molecule has 0 heterocycles. The zero-order valence-electron chi connectivity index (χ0n) is 9.64. The first kappa shape index (κ1) is 14.2. The average molecular weight is 229 g/mol. The molecule has 2 N–H and O–H groups in total. The van der Waals surface area contributed by atoms with E-state index in [9.17, 15) is 4.57 Å². The van der Waals surface area contributed by atoms with Crippen molar-refractivity contribution in [2.45, 2.75) is 13.8 Å². The van der Waals surface area contributed by atoms with Crippen molar-refractivity contribution in [3.05, 3.63) is 30.3 Å². The lowest BCUT2D eigenvalue weighted by Crippen LogP contribution is -1.89. The minimum absolute atomic E-state index is 0.653. The Hall–Kier alpha value is -0.790. The molecule has 0 saturated carbocycles. The van der Waals surface area contributed by atoms with E-state index in [1.807, 2.05) is 44.2 Å². The lowest BCUT2D eigenvalue weighted by molar-refractivity contribution is 0.395. The van der Waals surface area contributed by atoms with Crippen molar-refractivity contribution in [1.29, 1.82) is 0 Å². The van der Waals surface area contributed by atoms with Gasteiger partial charge in [0, 0.05) is 25.1 Å². The van der Waals surface area contributed by atoms with E-state index in [1.165, 1.54) is 7.11 Å². The number of hydrogen-bond acceptors (Lipinski definition) is 3. The maximum absolute atomic E-state index is 11.1. The van der Waals surface area contributed by atoms with Crippen LogP contribution in [0.5, 0.6) is 0 Å². The number of anilines is 1. The molecule has 0 aliphatic heterocycles. The molecule has 0 unspecified atom stereocenters. The first-order valence-corrected chi connectivity index (χ1v) is 7.01. The zero-order chi connectivity index (χ0) is 11.7. The van der Waals surface area contributed by atoms with Crippen LogP contribution in [0.3, 0.4) is 0 Å². The molecule has 1 rings (SSSR count). The van der Waals surface area contributed by atoms with Gasteiger partial charge in [0.25, 0.3) is 0 Å². The summed E-state index contributed by atoms with van der Waals surface area (Å²) in [5.41, 5.74) is 6.18. The van der Waals surface area contributed by atoms with Gasteiger partial charge in [-0.2, -0.15) is 0 Å². The van der Waals surface area contributed by atoms with E-state index in [0.29, 0.717) is 12.3 Å². The van der Waals surface area contributed by atoms with Crippen molar-refractivity contribution < 1.29 is 9.09 Å². The quantitative estimate of drug-likeness (QED) is 0.639. The topological polar surface area (TPSA) is 52.3 Å². The van der Waals surface area contributed by atoms with Crippen molar-refractivity contribution in [3.8, 4) is 0 Å². The molecular formula is C11H20NO2P. The summed E-state index contributed by atoms with van der Waals surface area (Å²) in [5.74, 6) is 0. The maximum atomic E-state index is 11.1. The first-order chi connectivity index (χ1) is 7.08. The Balaban J connectivity index is 0.000000262. The standard InChI is InChI=1S/C6H7N.C5H13O2P/c7-6-4-2-1-3-5-6;1-4-8(6,5-2)7-3/h1-5H,7H2;4-5H2,1-3H3. The van der Waals surface area contributed by atoms with Crippen LogP contribution in [0.2, 0.25) is 0 Å². The van der Waals surface area contributed by atoms with Gasteiger partial charge in [-0.1, -0.05) is 32.0 Å². The van der Waals surface area contributed by atoms with Gasteiger partial charge in [-0.3, -0.25) is 4.57 Å². The molecule has 0 saturated heterocycles. The second-order valence-corrected chi connectivity index (χ2v) is 6.30. The SMILES string of the molecule is CCP(=O)(CC)OC.Nc1ccccc1. The highest BCUT2D eigenvalue weighted by atomic mass is 31.2. The van der Waals surface area contributed by atoms with E-state index in [1.54, 1.807) is 0 Å². The molecule has 3 nitrogen and oxygen atoms in total. The van der Waals surface area contributed by atoms with Gasteiger partial charge < -0.3 is 10.3 Å². The van der Waals surface area contributed by atoms with Crippen LogP contribution < -0.4 is 5.73 Å². The van der Waals surface area contributed by atoms with Gasteiger partial charge in [-0.25, -0.2) is 0 Å². The molecule has 0 amide bonds. The summed E-state index contributed by atoms with van der Waals surface area (Å²) in [5, 5.41) is 0. The summed E-state index contributed by atoms with van der Waals surface area (Å²) in [6, 6.07) is 9.49. The Kier molecular flexibility index (Phi) is 7.10. The van der Waals surface area contributed by atoms with Crippen molar-refractivity contribution in [2.24, 2.45) is 0 Å². The Morgan fingerprint density at radius 1 is 1.20 bits per heavy atom. The first-order valence-electron chi connectivity index (χ1n) is 5.02. The highest BCUT2D eigenvalue weighted by Crippen LogP contribution is 2.44. The normalized spacial score (nSPS) is 10.3. The highest BCUT2D eigenvalue weighted by Gasteiger charge is 2.13. The second-order valence-electron chi connectivity index (χ2n) is 3.04. The van der Waals surface area contributed by atoms with E-state index in [-0.39, 0.29) is 0 Å². The molecule has 0 spiro atoms. The van der Waals surface area contributed by atoms with Gasteiger partial charge in [0.2, 0.25) is 7.37 Å². The smallest absolute Gasteiger partial charge is 0.202 e. The van der Waals surface area contributed by atoms with Crippen molar-refractivity contribution in [1.82, 2.24) is 0 Å². The largest absolute Gasteiger partial charge is 0.399 e. The van der Waals surface area contributed by atoms with E-state index >= 15 is 0 Å². The Morgan fingerprint density at radius 3 is 1.80 bits per heavy atom. The molecule has 0 aromatic heterocycles. The molecular weight excluding hydrogens is 209 g/mol. The summed E-state index contributed by atoms with van der Waals surface area (Å²) in [7, 11) is -0.654. The minimum atomic E-state index is -2.16. The Bertz CT molecular complexity index is 282. The number of para-hydroxylation sites is 1.